The van der Waals surface area contributed by atoms with E-state index >= 15 is 0 Å². The molecule has 4 nitrogen and oxygen atoms in total. The number of anilines is 1. The van der Waals surface area contributed by atoms with Crippen molar-refractivity contribution in [3.05, 3.63) is 58.7 Å². The van der Waals surface area contributed by atoms with Gasteiger partial charge in [-0.25, -0.2) is 13.1 Å². The summed E-state index contributed by atoms with van der Waals surface area (Å²) < 4.78 is 27.4. The summed E-state index contributed by atoms with van der Waals surface area (Å²) in [7, 11) is -3.53. The van der Waals surface area contributed by atoms with Gasteiger partial charge in [-0.15, -0.1) is 0 Å². The molecule has 0 aliphatic rings. The van der Waals surface area contributed by atoms with Crippen molar-refractivity contribution in [2.75, 3.05) is 5.73 Å². The van der Waals surface area contributed by atoms with Gasteiger partial charge in [0.15, 0.2) is 0 Å². The fourth-order valence-electron chi connectivity index (χ4n) is 2.25. The van der Waals surface area contributed by atoms with Gasteiger partial charge in [0.25, 0.3) is 0 Å². The molecule has 0 aromatic heterocycles. The number of nitrogens with two attached hydrogens (primary N) is 1. The van der Waals surface area contributed by atoms with Crippen LogP contribution in [-0.4, -0.2) is 8.42 Å². The topological polar surface area (TPSA) is 72.2 Å². The van der Waals surface area contributed by atoms with Gasteiger partial charge < -0.3 is 5.73 Å². The van der Waals surface area contributed by atoms with Gasteiger partial charge in [-0.1, -0.05) is 29.8 Å². The van der Waals surface area contributed by atoms with Crippen LogP contribution in [0.1, 0.15) is 22.3 Å². The molecule has 0 spiro atoms. The fraction of sp³-hybridized carbons (Fsp3) is 0.250. The van der Waals surface area contributed by atoms with Crippen LogP contribution in [0.25, 0.3) is 0 Å². The maximum Gasteiger partial charge on any atom is 0.241 e. The van der Waals surface area contributed by atoms with Crippen LogP contribution in [0.15, 0.2) is 41.3 Å². The van der Waals surface area contributed by atoms with Gasteiger partial charge in [-0.3, -0.25) is 0 Å². The molecule has 0 atom stereocenters. The highest BCUT2D eigenvalue weighted by atomic mass is 32.2. The molecular formula is C16H20N2O2S. The average molecular weight is 304 g/mol. The first kappa shape index (κ1) is 15.5. The first-order chi connectivity index (χ1) is 9.81. The van der Waals surface area contributed by atoms with Crippen LogP contribution in [0.2, 0.25) is 0 Å². The lowest BCUT2D eigenvalue weighted by Crippen LogP contribution is -2.24. The normalized spacial score (nSPS) is 11.6. The molecule has 0 unspecified atom stereocenters. The third-order valence-electron chi connectivity index (χ3n) is 3.56. The Hall–Kier alpha value is -1.85. The largest absolute Gasteiger partial charge is 0.399 e. The van der Waals surface area contributed by atoms with Gasteiger partial charge >= 0.3 is 0 Å². The van der Waals surface area contributed by atoms with Crippen molar-refractivity contribution in [2.24, 2.45) is 0 Å². The van der Waals surface area contributed by atoms with E-state index < -0.39 is 10.0 Å². The summed E-state index contributed by atoms with van der Waals surface area (Å²) in [6.07, 6.45) is 0. The molecule has 112 valence electrons. The van der Waals surface area contributed by atoms with E-state index in [-0.39, 0.29) is 6.54 Å². The predicted octanol–water partition coefficient (Wildman–Crippen LogP) is 2.67. The molecule has 2 aromatic carbocycles. The summed E-state index contributed by atoms with van der Waals surface area (Å²) in [5.41, 5.74) is 10.1. The Kier molecular flexibility index (Phi) is 4.34. The fourth-order valence-corrected chi connectivity index (χ4v) is 3.48. The summed E-state index contributed by atoms with van der Waals surface area (Å²) in [5.74, 6) is 0. The number of nitrogens with one attached hydrogen (secondary N) is 1. The van der Waals surface area contributed by atoms with Crippen molar-refractivity contribution in [1.29, 1.82) is 0 Å². The highest BCUT2D eigenvalue weighted by molar-refractivity contribution is 7.89. The Balaban J connectivity index is 2.24. The van der Waals surface area contributed by atoms with E-state index in [1.54, 1.807) is 25.1 Å². The van der Waals surface area contributed by atoms with Crippen LogP contribution in [0, 0.1) is 20.8 Å². The number of sulfonamides is 1. The minimum Gasteiger partial charge on any atom is -0.399 e. The standard InChI is InChI=1S/C16H20N2O2S/c1-11-7-8-16(12(2)9-11)21(19,20)18-10-14-5-4-6-15(17)13(14)3/h4-9,18H,10,17H2,1-3H3. The van der Waals surface area contributed by atoms with E-state index in [0.717, 1.165) is 22.3 Å². The van der Waals surface area contributed by atoms with E-state index in [1.165, 1.54) is 0 Å². The smallest absolute Gasteiger partial charge is 0.241 e. The molecule has 0 saturated heterocycles. The van der Waals surface area contributed by atoms with Crippen molar-refractivity contribution >= 4 is 15.7 Å². The Bertz CT molecular complexity index is 768. The Morgan fingerprint density at radius 3 is 2.48 bits per heavy atom. The van der Waals surface area contributed by atoms with Crippen LogP contribution in [0.3, 0.4) is 0 Å². The second-order valence-electron chi connectivity index (χ2n) is 5.22. The summed E-state index contributed by atoms with van der Waals surface area (Å²) in [6.45, 7) is 5.85. The van der Waals surface area contributed by atoms with Crippen molar-refractivity contribution in [2.45, 2.75) is 32.2 Å². The van der Waals surface area contributed by atoms with Crippen LogP contribution < -0.4 is 10.5 Å². The zero-order chi connectivity index (χ0) is 15.6. The molecule has 5 heteroatoms. The first-order valence-corrected chi connectivity index (χ1v) is 8.20. The van der Waals surface area contributed by atoms with E-state index in [4.69, 9.17) is 5.73 Å². The van der Waals surface area contributed by atoms with Crippen molar-refractivity contribution in [3.63, 3.8) is 0 Å². The third-order valence-corrected chi connectivity index (χ3v) is 5.12. The van der Waals surface area contributed by atoms with Gasteiger partial charge in [0.1, 0.15) is 0 Å². The van der Waals surface area contributed by atoms with Crippen LogP contribution in [0.4, 0.5) is 5.69 Å². The van der Waals surface area contributed by atoms with Crippen molar-refractivity contribution < 1.29 is 8.42 Å². The molecule has 0 aliphatic carbocycles. The minimum absolute atomic E-state index is 0.229. The van der Waals surface area contributed by atoms with E-state index in [0.29, 0.717) is 10.6 Å². The maximum absolute atomic E-state index is 12.4. The molecule has 0 saturated carbocycles. The number of benzene rings is 2. The zero-order valence-corrected chi connectivity index (χ0v) is 13.3. The van der Waals surface area contributed by atoms with Gasteiger partial charge in [0.05, 0.1) is 4.90 Å². The average Bonchev–Trinajstić information content (AvgIpc) is 2.40. The lowest BCUT2D eigenvalue weighted by atomic mass is 10.1. The highest BCUT2D eigenvalue weighted by Crippen LogP contribution is 2.19. The molecule has 21 heavy (non-hydrogen) atoms. The quantitative estimate of drug-likeness (QED) is 0.853. The number of hydrogen-bond acceptors (Lipinski definition) is 3. The predicted molar refractivity (Wildman–Crippen MR) is 85.5 cm³/mol. The summed E-state index contributed by atoms with van der Waals surface area (Å²) in [5, 5.41) is 0. The molecule has 2 aromatic rings. The number of rotatable bonds is 4. The summed E-state index contributed by atoms with van der Waals surface area (Å²) in [4.78, 5) is 0.314. The van der Waals surface area contributed by atoms with Crippen molar-refractivity contribution in [1.82, 2.24) is 4.72 Å². The number of nitrogen functional groups attached to an aromatic ring is 1. The second kappa shape index (κ2) is 5.87. The van der Waals surface area contributed by atoms with Crippen molar-refractivity contribution in [3.8, 4) is 0 Å². The first-order valence-electron chi connectivity index (χ1n) is 6.72. The summed E-state index contributed by atoms with van der Waals surface area (Å²) >= 11 is 0. The van der Waals surface area contributed by atoms with E-state index in [9.17, 15) is 8.42 Å². The highest BCUT2D eigenvalue weighted by Gasteiger charge is 2.16. The van der Waals surface area contributed by atoms with Crippen LogP contribution in [-0.2, 0) is 16.6 Å². The van der Waals surface area contributed by atoms with Crippen LogP contribution in [0.5, 0.6) is 0 Å². The van der Waals surface area contributed by atoms with Gasteiger partial charge in [0, 0.05) is 12.2 Å². The Morgan fingerprint density at radius 1 is 1.10 bits per heavy atom. The molecule has 0 radical (unpaired) electrons. The summed E-state index contributed by atoms with van der Waals surface area (Å²) in [6, 6.07) is 10.8. The van der Waals surface area contributed by atoms with E-state index in [1.807, 2.05) is 32.0 Å². The molecule has 0 heterocycles. The zero-order valence-electron chi connectivity index (χ0n) is 12.5. The molecule has 0 bridgehead atoms. The van der Waals surface area contributed by atoms with Gasteiger partial charge in [0.2, 0.25) is 10.0 Å². The Labute approximate surface area is 126 Å². The van der Waals surface area contributed by atoms with Crippen LogP contribution >= 0.6 is 0 Å². The maximum atomic E-state index is 12.4. The lowest BCUT2D eigenvalue weighted by Gasteiger charge is -2.12. The third kappa shape index (κ3) is 3.43. The molecule has 0 amide bonds. The number of aryl methyl sites for hydroxylation is 2. The van der Waals surface area contributed by atoms with Gasteiger partial charge in [-0.2, -0.15) is 0 Å². The molecule has 0 aliphatic heterocycles. The monoisotopic (exact) mass is 304 g/mol. The number of hydrogen-bond donors (Lipinski definition) is 2. The molecule has 2 rings (SSSR count). The molecule has 0 fully saturated rings. The SMILES string of the molecule is Cc1ccc(S(=O)(=O)NCc2cccc(N)c2C)c(C)c1. The lowest BCUT2D eigenvalue weighted by molar-refractivity contribution is 0.580. The minimum atomic E-state index is -3.53. The second-order valence-corrected chi connectivity index (χ2v) is 6.96. The Morgan fingerprint density at radius 2 is 1.81 bits per heavy atom. The van der Waals surface area contributed by atoms with E-state index in [2.05, 4.69) is 4.72 Å². The molecular weight excluding hydrogens is 284 g/mol. The van der Waals surface area contributed by atoms with Gasteiger partial charge in [-0.05, 0) is 49.6 Å². The molecule has 3 N–H and O–H groups in total.